The molecule has 1 atom stereocenters. The molecule has 0 aliphatic rings. The third kappa shape index (κ3) is 2.76. The Morgan fingerprint density at radius 1 is 1.37 bits per heavy atom. The number of phenolic OH excluding ortho intramolecular Hbond substituents is 1. The average molecular weight is 262 g/mol. The molecule has 0 saturated heterocycles. The zero-order valence-corrected chi connectivity index (χ0v) is 11.4. The summed E-state index contributed by atoms with van der Waals surface area (Å²) in [5.41, 5.74) is 1.47. The fourth-order valence-electron chi connectivity index (χ4n) is 1.91. The predicted octanol–water partition coefficient (Wildman–Crippen LogP) is 3.24. The molecule has 0 bridgehead atoms. The normalized spacial score (nSPS) is 12.6. The maximum absolute atomic E-state index is 9.69. The number of nitrogens with zero attached hydrogens (tertiary/aromatic N) is 2. The molecule has 1 heterocycles. The van der Waals surface area contributed by atoms with Gasteiger partial charge in [0.2, 0.25) is 5.82 Å². The molecule has 0 aliphatic heterocycles. The van der Waals surface area contributed by atoms with E-state index in [1.54, 1.807) is 12.1 Å². The van der Waals surface area contributed by atoms with E-state index in [9.17, 15) is 5.11 Å². The van der Waals surface area contributed by atoms with Crippen molar-refractivity contribution in [2.24, 2.45) is 0 Å². The van der Waals surface area contributed by atoms with E-state index in [1.807, 2.05) is 26.8 Å². The van der Waals surface area contributed by atoms with Crippen molar-refractivity contribution in [3.8, 4) is 17.2 Å². The highest BCUT2D eigenvalue weighted by Crippen LogP contribution is 2.29. The fourth-order valence-corrected chi connectivity index (χ4v) is 1.91. The summed E-state index contributed by atoms with van der Waals surface area (Å²) in [6.45, 7) is 6.36. The van der Waals surface area contributed by atoms with E-state index in [1.165, 1.54) is 0 Å². The summed E-state index contributed by atoms with van der Waals surface area (Å²) in [6.07, 6.45) is 0.631. The minimum atomic E-state index is -0.153. The lowest BCUT2D eigenvalue weighted by Gasteiger charge is -2.09. The van der Waals surface area contributed by atoms with Crippen LogP contribution in [0, 0.1) is 6.92 Å². The van der Waals surface area contributed by atoms with E-state index in [0.29, 0.717) is 18.3 Å². The van der Waals surface area contributed by atoms with E-state index in [0.717, 1.165) is 17.5 Å². The second-order valence-corrected chi connectivity index (χ2v) is 4.26. The molecule has 0 spiro atoms. The SMILES string of the molecule is CCOC(CC)c1noc(-c2cccc(O)c2C)n1. The van der Waals surface area contributed by atoms with E-state index in [4.69, 9.17) is 9.26 Å². The Hall–Kier alpha value is -1.88. The molecule has 0 fully saturated rings. The number of aromatic hydroxyl groups is 1. The van der Waals surface area contributed by atoms with Crippen LogP contribution in [0.2, 0.25) is 0 Å². The second kappa shape index (κ2) is 5.84. The van der Waals surface area contributed by atoms with Crippen LogP contribution in [0.1, 0.15) is 37.8 Å². The summed E-state index contributed by atoms with van der Waals surface area (Å²) in [7, 11) is 0. The number of ether oxygens (including phenoxy) is 1. The Balaban J connectivity index is 2.32. The summed E-state index contributed by atoms with van der Waals surface area (Å²) < 4.78 is 10.8. The van der Waals surface area contributed by atoms with Crippen LogP contribution in [0.25, 0.3) is 11.5 Å². The van der Waals surface area contributed by atoms with Gasteiger partial charge in [-0.15, -0.1) is 0 Å². The van der Waals surface area contributed by atoms with Crippen LogP contribution in [-0.4, -0.2) is 21.9 Å². The molecule has 5 nitrogen and oxygen atoms in total. The van der Waals surface area contributed by atoms with E-state index in [2.05, 4.69) is 10.1 Å². The molecular formula is C14H18N2O3. The average Bonchev–Trinajstić information content (AvgIpc) is 2.88. The molecule has 1 N–H and O–H groups in total. The van der Waals surface area contributed by atoms with Crippen molar-refractivity contribution in [2.75, 3.05) is 6.61 Å². The van der Waals surface area contributed by atoms with E-state index < -0.39 is 0 Å². The van der Waals surface area contributed by atoms with Crippen LogP contribution in [0.3, 0.4) is 0 Å². The summed E-state index contributed by atoms with van der Waals surface area (Å²) >= 11 is 0. The van der Waals surface area contributed by atoms with E-state index >= 15 is 0 Å². The number of rotatable bonds is 5. The molecule has 0 saturated carbocycles. The zero-order valence-electron chi connectivity index (χ0n) is 11.4. The van der Waals surface area contributed by atoms with Gasteiger partial charge in [0.1, 0.15) is 11.9 Å². The van der Waals surface area contributed by atoms with Crippen molar-refractivity contribution < 1.29 is 14.4 Å². The highest BCUT2D eigenvalue weighted by Gasteiger charge is 2.19. The van der Waals surface area contributed by atoms with E-state index in [-0.39, 0.29) is 11.9 Å². The quantitative estimate of drug-likeness (QED) is 0.895. The van der Waals surface area contributed by atoms with Gasteiger partial charge >= 0.3 is 0 Å². The third-order valence-corrected chi connectivity index (χ3v) is 3.00. The number of hydrogen-bond donors (Lipinski definition) is 1. The van der Waals surface area contributed by atoms with Gasteiger partial charge in [0.15, 0.2) is 0 Å². The Morgan fingerprint density at radius 3 is 2.84 bits per heavy atom. The first kappa shape index (κ1) is 13.5. The smallest absolute Gasteiger partial charge is 0.258 e. The van der Waals surface area contributed by atoms with Gasteiger partial charge in [0.05, 0.1) is 0 Å². The van der Waals surface area contributed by atoms with Crippen LogP contribution in [0.5, 0.6) is 5.75 Å². The van der Waals surface area contributed by atoms with Gasteiger partial charge in [-0.2, -0.15) is 4.98 Å². The van der Waals surface area contributed by atoms with Gasteiger partial charge < -0.3 is 14.4 Å². The number of hydrogen-bond acceptors (Lipinski definition) is 5. The van der Waals surface area contributed by atoms with Crippen LogP contribution >= 0.6 is 0 Å². The first-order valence-corrected chi connectivity index (χ1v) is 6.41. The molecule has 0 amide bonds. The molecule has 2 rings (SSSR count). The van der Waals surface area contributed by atoms with Crippen molar-refractivity contribution in [2.45, 2.75) is 33.3 Å². The maximum Gasteiger partial charge on any atom is 0.258 e. The molecule has 0 aliphatic carbocycles. The van der Waals surface area contributed by atoms with Gasteiger partial charge in [-0.25, -0.2) is 0 Å². The van der Waals surface area contributed by atoms with Crippen molar-refractivity contribution in [1.82, 2.24) is 10.1 Å². The molecule has 1 aromatic carbocycles. The van der Waals surface area contributed by atoms with Gasteiger partial charge in [0.25, 0.3) is 5.89 Å². The van der Waals surface area contributed by atoms with Crippen molar-refractivity contribution in [1.29, 1.82) is 0 Å². The topological polar surface area (TPSA) is 68.4 Å². The van der Waals surface area contributed by atoms with Gasteiger partial charge in [-0.1, -0.05) is 18.1 Å². The van der Waals surface area contributed by atoms with Crippen molar-refractivity contribution in [3.05, 3.63) is 29.6 Å². The van der Waals surface area contributed by atoms with Gasteiger partial charge in [0, 0.05) is 17.7 Å². The largest absolute Gasteiger partial charge is 0.508 e. The maximum atomic E-state index is 9.69. The summed E-state index contributed by atoms with van der Waals surface area (Å²) in [4.78, 5) is 4.36. The standard InChI is InChI=1S/C14H18N2O3/c1-4-12(18-5-2)13-15-14(19-16-13)10-7-6-8-11(17)9(10)3/h6-8,12,17H,4-5H2,1-3H3. The molecule has 2 aromatic rings. The lowest BCUT2D eigenvalue weighted by atomic mass is 10.1. The predicted molar refractivity (Wildman–Crippen MR) is 70.8 cm³/mol. The van der Waals surface area contributed by atoms with Crippen LogP contribution in [0.4, 0.5) is 0 Å². The number of benzene rings is 1. The van der Waals surface area contributed by atoms with Crippen LogP contribution < -0.4 is 0 Å². The highest BCUT2D eigenvalue weighted by molar-refractivity contribution is 5.61. The van der Waals surface area contributed by atoms with Crippen LogP contribution in [0.15, 0.2) is 22.7 Å². The third-order valence-electron chi connectivity index (χ3n) is 3.00. The Kier molecular flexibility index (Phi) is 4.16. The number of aromatic nitrogens is 2. The molecule has 19 heavy (non-hydrogen) atoms. The second-order valence-electron chi connectivity index (χ2n) is 4.26. The first-order valence-electron chi connectivity index (χ1n) is 6.41. The molecule has 102 valence electrons. The fraction of sp³-hybridized carbons (Fsp3) is 0.429. The molecule has 5 heteroatoms. The summed E-state index contributed by atoms with van der Waals surface area (Å²) in [6, 6.07) is 5.22. The molecule has 1 unspecified atom stereocenters. The zero-order chi connectivity index (χ0) is 13.8. The Morgan fingerprint density at radius 2 is 2.16 bits per heavy atom. The van der Waals surface area contributed by atoms with Crippen molar-refractivity contribution >= 4 is 0 Å². The molecule has 1 aromatic heterocycles. The highest BCUT2D eigenvalue weighted by atomic mass is 16.5. The minimum Gasteiger partial charge on any atom is -0.508 e. The summed E-state index contributed by atoms with van der Waals surface area (Å²) in [5, 5.41) is 13.7. The van der Waals surface area contributed by atoms with Crippen LogP contribution in [-0.2, 0) is 4.74 Å². The lowest BCUT2D eigenvalue weighted by Crippen LogP contribution is -2.04. The lowest BCUT2D eigenvalue weighted by molar-refractivity contribution is 0.0518. The molecular weight excluding hydrogens is 244 g/mol. The Labute approximate surface area is 112 Å². The minimum absolute atomic E-state index is 0.153. The summed E-state index contributed by atoms with van der Waals surface area (Å²) in [5.74, 6) is 1.16. The van der Waals surface area contributed by atoms with Gasteiger partial charge in [-0.05, 0) is 32.4 Å². The molecule has 0 radical (unpaired) electrons. The first-order chi connectivity index (χ1) is 9.17. The monoisotopic (exact) mass is 262 g/mol. The Bertz CT molecular complexity index is 551. The van der Waals surface area contributed by atoms with Crippen molar-refractivity contribution in [3.63, 3.8) is 0 Å². The number of phenols is 1. The van der Waals surface area contributed by atoms with Gasteiger partial charge in [-0.3, -0.25) is 0 Å².